The lowest BCUT2D eigenvalue weighted by Crippen LogP contribution is -1.91. The maximum absolute atomic E-state index is 2.38. The van der Waals surface area contributed by atoms with E-state index in [0.29, 0.717) is 0 Å². The quantitative estimate of drug-likeness (QED) is 0.338. The molecule has 0 N–H and O–H groups in total. The van der Waals surface area contributed by atoms with Gasteiger partial charge in [0.2, 0.25) is 0 Å². The van der Waals surface area contributed by atoms with Crippen LogP contribution in [0.4, 0.5) is 0 Å². The Bertz CT molecular complexity index is 313. The lowest BCUT2D eigenvalue weighted by molar-refractivity contribution is 0.564. The smallest absolute Gasteiger partial charge is 0.00584 e. The molecule has 0 fully saturated rings. The first kappa shape index (κ1) is 17.8. The molecule has 0 radical (unpaired) electrons. The van der Waals surface area contributed by atoms with Crippen molar-refractivity contribution in [2.75, 3.05) is 0 Å². The summed E-state index contributed by atoms with van der Waals surface area (Å²) < 4.78 is 0. The second kappa shape index (κ2) is 12.4. The van der Waals surface area contributed by atoms with Gasteiger partial charge in [-0.25, -0.2) is 0 Å². The van der Waals surface area contributed by atoms with Crippen molar-refractivity contribution < 1.29 is 0 Å². The van der Waals surface area contributed by atoms with Crippen molar-refractivity contribution in [3.8, 4) is 0 Å². The van der Waals surface area contributed by atoms with Crippen molar-refractivity contribution in [2.24, 2.45) is 0 Å². The fourth-order valence-electron chi connectivity index (χ4n) is 2.78. The Balaban J connectivity index is 1.99. The molecule has 0 nitrogen and oxygen atoms in total. The van der Waals surface area contributed by atoms with E-state index in [-0.39, 0.29) is 0 Å². The normalized spacial score (nSPS) is 11.1. The van der Waals surface area contributed by atoms with Crippen LogP contribution in [-0.4, -0.2) is 0 Å². The summed E-state index contributed by atoms with van der Waals surface area (Å²) in [5, 5.41) is 4.76. The van der Waals surface area contributed by atoms with Gasteiger partial charge in [0, 0.05) is 0 Å². The Morgan fingerprint density at radius 1 is 0.600 bits per heavy atom. The van der Waals surface area contributed by atoms with Gasteiger partial charge in [0.1, 0.15) is 0 Å². The fourth-order valence-corrected chi connectivity index (χ4v) is 3.72. The van der Waals surface area contributed by atoms with Crippen LogP contribution in [0.25, 0.3) is 0 Å². The van der Waals surface area contributed by atoms with Gasteiger partial charge in [-0.05, 0) is 47.6 Å². The third-order valence-electron chi connectivity index (χ3n) is 4.18. The van der Waals surface area contributed by atoms with Crippen LogP contribution >= 0.6 is 11.3 Å². The topological polar surface area (TPSA) is 0 Å². The highest BCUT2D eigenvalue weighted by Crippen LogP contribution is 2.20. The van der Waals surface area contributed by atoms with Crippen molar-refractivity contribution in [2.45, 2.75) is 97.3 Å². The summed E-state index contributed by atoms with van der Waals surface area (Å²) in [6.45, 7) is 4.58. The van der Waals surface area contributed by atoms with E-state index < -0.39 is 0 Å². The van der Waals surface area contributed by atoms with E-state index in [9.17, 15) is 0 Å². The van der Waals surface area contributed by atoms with Gasteiger partial charge in [-0.3, -0.25) is 0 Å². The van der Waals surface area contributed by atoms with Crippen LogP contribution in [-0.2, 0) is 12.8 Å². The van der Waals surface area contributed by atoms with E-state index in [4.69, 9.17) is 0 Å². The molecule has 0 amide bonds. The molecular formula is C19H34S. The lowest BCUT2D eigenvalue weighted by atomic mass is 10.0. The zero-order valence-electron chi connectivity index (χ0n) is 13.8. The standard InChI is InChI=1S/C19H34S/c1-3-5-7-8-9-10-11-12-13-15-19-17-20-16-18(19)14-6-4-2/h16-17H,3-15H2,1-2H3. The Morgan fingerprint density at radius 2 is 1.05 bits per heavy atom. The molecule has 1 heterocycles. The van der Waals surface area contributed by atoms with E-state index >= 15 is 0 Å². The summed E-state index contributed by atoms with van der Waals surface area (Å²) in [5.74, 6) is 0. The van der Waals surface area contributed by atoms with Crippen LogP contribution in [0, 0.1) is 0 Å². The number of hydrogen-bond acceptors (Lipinski definition) is 1. The number of unbranched alkanes of at least 4 members (excludes halogenated alkanes) is 9. The van der Waals surface area contributed by atoms with E-state index in [1.165, 1.54) is 83.5 Å². The summed E-state index contributed by atoms with van der Waals surface area (Å²) in [4.78, 5) is 0. The van der Waals surface area contributed by atoms with E-state index in [0.717, 1.165) is 0 Å². The zero-order chi connectivity index (χ0) is 14.5. The molecule has 1 aromatic heterocycles. The van der Waals surface area contributed by atoms with Gasteiger partial charge in [0.25, 0.3) is 0 Å². The zero-order valence-corrected chi connectivity index (χ0v) is 14.6. The SMILES string of the molecule is CCCCCCCCCCCc1cscc1CCCC. The van der Waals surface area contributed by atoms with Crippen LogP contribution in [0.15, 0.2) is 10.8 Å². The van der Waals surface area contributed by atoms with Crippen LogP contribution < -0.4 is 0 Å². The molecule has 0 unspecified atom stereocenters. The largest absolute Gasteiger partial charge is 0.152 e. The molecule has 1 heteroatoms. The molecule has 0 bridgehead atoms. The number of thiophene rings is 1. The number of hydrogen-bond donors (Lipinski definition) is 0. The molecule has 0 aliphatic rings. The maximum Gasteiger partial charge on any atom is -0.00584 e. The summed E-state index contributed by atoms with van der Waals surface area (Å²) >= 11 is 1.90. The predicted molar refractivity (Wildman–Crippen MR) is 93.9 cm³/mol. The van der Waals surface area contributed by atoms with Crippen LogP contribution in [0.1, 0.15) is 95.6 Å². The minimum absolute atomic E-state index is 1.30. The van der Waals surface area contributed by atoms with E-state index in [1.54, 1.807) is 11.1 Å². The molecule has 0 atom stereocenters. The molecule has 0 spiro atoms. The first-order chi connectivity index (χ1) is 9.88. The van der Waals surface area contributed by atoms with Crippen LogP contribution in [0.5, 0.6) is 0 Å². The molecule has 20 heavy (non-hydrogen) atoms. The molecule has 0 saturated carbocycles. The summed E-state index contributed by atoms with van der Waals surface area (Å²) in [7, 11) is 0. The van der Waals surface area contributed by atoms with Crippen LogP contribution in [0.3, 0.4) is 0 Å². The number of rotatable bonds is 13. The van der Waals surface area contributed by atoms with Gasteiger partial charge < -0.3 is 0 Å². The predicted octanol–water partition coefficient (Wildman–Crippen LogP) is 7.16. The maximum atomic E-state index is 2.38. The average Bonchev–Trinajstić information content (AvgIpc) is 2.91. The summed E-state index contributed by atoms with van der Waals surface area (Å²) in [6.07, 6.45) is 18.2. The second-order valence-electron chi connectivity index (χ2n) is 6.10. The Morgan fingerprint density at radius 3 is 1.60 bits per heavy atom. The Labute approximate surface area is 131 Å². The third kappa shape index (κ3) is 8.09. The highest BCUT2D eigenvalue weighted by Gasteiger charge is 2.03. The minimum Gasteiger partial charge on any atom is -0.152 e. The van der Waals surface area contributed by atoms with Gasteiger partial charge in [-0.1, -0.05) is 71.6 Å². The molecule has 0 aliphatic carbocycles. The van der Waals surface area contributed by atoms with Crippen molar-refractivity contribution in [1.29, 1.82) is 0 Å². The van der Waals surface area contributed by atoms with E-state index in [2.05, 4.69) is 24.6 Å². The summed E-state index contributed by atoms with van der Waals surface area (Å²) in [5.41, 5.74) is 3.28. The summed E-state index contributed by atoms with van der Waals surface area (Å²) in [6, 6.07) is 0. The molecule has 116 valence electrons. The van der Waals surface area contributed by atoms with Crippen molar-refractivity contribution in [3.05, 3.63) is 21.9 Å². The molecule has 0 saturated heterocycles. The van der Waals surface area contributed by atoms with Gasteiger partial charge in [0.15, 0.2) is 0 Å². The molecule has 1 aromatic rings. The first-order valence-corrected chi connectivity index (χ1v) is 9.86. The Kier molecular flexibility index (Phi) is 11.0. The monoisotopic (exact) mass is 294 g/mol. The van der Waals surface area contributed by atoms with E-state index in [1.807, 2.05) is 11.3 Å². The first-order valence-electron chi connectivity index (χ1n) is 8.92. The van der Waals surface area contributed by atoms with Gasteiger partial charge in [-0.15, -0.1) is 0 Å². The fraction of sp³-hybridized carbons (Fsp3) is 0.789. The van der Waals surface area contributed by atoms with Gasteiger partial charge in [0.05, 0.1) is 0 Å². The number of aryl methyl sites for hydroxylation is 2. The minimum atomic E-state index is 1.30. The molecular weight excluding hydrogens is 260 g/mol. The molecule has 0 aromatic carbocycles. The van der Waals surface area contributed by atoms with Crippen molar-refractivity contribution in [3.63, 3.8) is 0 Å². The average molecular weight is 295 g/mol. The Hall–Kier alpha value is -0.300. The third-order valence-corrected chi connectivity index (χ3v) is 5.02. The van der Waals surface area contributed by atoms with Crippen LogP contribution in [0.2, 0.25) is 0 Å². The van der Waals surface area contributed by atoms with Crippen molar-refractivity contribution >= 4 is 11.3 Å². The molecule has 1 rings (SSSR count). The highest BCUT2D eigenvalue weighted by atomic mass is 32.1. The van der Waals surface area contributed by atoms with Crippen molar-refractivity contribution in [1.82, 2.24) is 0 Å². The highest BCUT2D eigenvalue weighted by molar-refractivity contribution is 7.08. The lowest BCUT2D eigenvalue weighted by Gasteiger charge is -2.04. The molecule has 0 aliphatic heterocycles. The van der Waals surface area contributed by atoms with Gasteiger partial charge in [-0.2, -0.15) is 11.3 Å². The van der Waals surface area contributed by atoms with Gasteiger partial charge >= 0.3 is 0 Å². The second-order valence-corrected chi connectivity index (χ2v) is 6.85.